The van der Waals surface area contributed by atoms with Crippen molar-refractivity contribution in [1.29, 1.82) is 0 Å². The number of hydrogen-bond donors (Lipinski definition) is 0. The van der Waals surface area contributed by atoms with Crippen molar-refractivity contribution in [3.63, 3.8) is 0 Å². The lowest BCUT2D eigenvalue weighted by Gasteiger charge is -2.29. The lowest BCUT2D eigenvalue weighted by atomic mass is 9.96. The van der Waals surface area contributed by atoms with E-state index in [1.165, 1.54) is 12.8 Å². The highest BCUT2D eigenvalue weighted by Gasteiger charge is 2.25. The van der Waals surface area contributed by atoms with Crippen molar-refractivity contribution in [1.82, 2.24) is 0 Å². The van der Waals surface area contributed by atoms with Crippen LogP contribution in [0.5, 0.6) is 0 Å². The van der Waals surface area contributed by atoms with Gasteiger partial charge in [-0.3, -0.25) is 0 Å². The summed E-state index contributed by atoms with van der Waals surface area (Å²) in [4.78, 5) is 0. The zero-order valence-electron chi connectivity index (χ0n) is 4.36. The minimum absolute atomic E-state index is 0.585. The second kappa shape index (κ2) is 2.31. The average Bonchev–Trinajstić information content (AvgIpc) is 1.58. The quantitative estimate of drug-likeness (QED) is 0.473. The summed E-state index contributed by atoms with van der Waals surface area (Å²) in [7, 11) is 1.78. The average molecular weight is 212 g/mol. The molecule has 0 heterocycles. The van der Waals surface area contributed by atoms with Crippen LogP contribution in [0.2, 0.25) is 0 Å². The minimum atomic E-state index is 0.585. The Morgan fingerprint density at radius 2 is 2.14 bits per heavy atom. The number of hydrogen-bond acceptors (Lipinski definition) is 1. The first-order valence-corrected chi connectivity index (χ1v) is 3.74. The van der Waals surface area contributed by atoms with Gasteiger partial charge in [-0.2, -0.15) is 0 Å². The van der Waals surface area contributed by atoms with Gasteiger partial charge in [0.15, 0.2) is 0 Å². The highest BCUT2D eigenvalue weighted by Crippen LogP contribution is 2.29. The zero-order valence-corrected chi connectivity index (χ0v) is 6.51. The molecule has 0 N–H and O–H groups in total. The van der Waals surface area contributed by atoms with Gasteiger partial charge >= 0.3 is 0 Å². The van der Waals surface area contributed by atoms with Gasteiger partial charge in [0.1, 0.15) is 0 Å². The molecule has 1 rings (SSSR count). The van der Waals surface area contributed by atoms with E-state index in [2.05, 4.69) is 22.6 Å². The standard InChI is InChI=1S/C5H9IO/c1-7-5-2-4(6)3-5/h4-5H,2-3H2,1H3/t4-,5-. The number of halogens is 1. The van der Waals surface area contributed by atoms with Crippen LogP contribution in [0.4, 0.5) is 0 Å². The van der Waals surface area contributed by atoms with Crippen molar-refractivity contribution in [3.05, 3.63) is 0 Å². The van der Waals surface area contributed by atoms with E-state index in [-0.39, 0.29) is 0 Å². The van der Waals surface area contributed by atoms with Gasteiger partial charge in [-0.05, 0) is 12.8 Å². The number of alkyl halides is 1. The third kappa shape index (κ3) is 1.29. The van der Waals surface area contributed by atoms with Crippen molar-refractivity contribution in [3.8, 4) is 0 Å². The third-order valence-corrected chi connectivity index (χ3v) is 2.39. The first-order chi connectivity index (χ1) is 3.33. The molecule has 1 fully saturated rings. The predicted octanol–water partition coefficient (Wildman–Crippen LogP) is 1.60. The van der Waals surface area contributed by atoms with Crippen LogP contribution < -0.4 is 0 Å². The molecular formula is C5H9IO. The Morgan fingerprint density at radius 1 is 1.57 bits per heavy atom. The van der Waals surface area contributed by atoms with E-state index in [9.17, 15) is 0 Å². The smallest absolute Gasteiger partial charge is 0.0591 e. The number of methoxy groups -OCH3 is 1. The summed E-state index contributed by atoms with van der Waals surface area (Å²) in [5.41, 5.74) is 0. The molecule has 0 atom stereocenters. The lowest BCUT2D eigenvalue weighted by Crippen LogP contribution is -2.30. The summed E-state index contributed by atoms with van der Waals surface area (Å²) in [6.07, 6.45) is 3.11. The Labute approximate surface area is 57.6 Å². The van der Waals surface area contributed by atoms with Gasteiger partial charge in [0.05, 0.1) is 6.10 Å². The molecule has 7 heavy (non-hydrogen) atoms. The van der Waals surface area contributed by atoms with Crippen LogP contribution in [0.1, 0.15) is 12.8 Å². The Hall–Kier alpha value is 0.690. The van der Waals surface area contributed by atoms with Crippen molar-refractivity contribution < 1.29 is 4.74 Å². The molecule has 1 saturated carbocycles. The molecule has 0 saturated heterocycles. The first-order valence-electron chi connectivity index (χ1n) is 2.50. The molecule has 0 amide bonds. The highest BCUT2D eigenvalue weighted by molar-refractivity contribution is 14.1. The maximum atomic E-state index is 5.05. The summed E-state index contributed by atoms with van der Waals surface area (Å²) in [6.45, 7) is 0. The van der Waals surface area contributed by atoms with E-state index in [1.807, 2.05) is 0 Å². The molecule has 1 nitrogen and oxygen atoms in total. The Morgan fingerprint density at radius 3 is 2.29 bits per heavy atom. The largest absolute Gasteiger partial charge is 0.381 e. The van der Waals surface area contributed by atoms with Crippen LogP contribution in [0.25, 0.3) is 0 Å². The molecule has 0 bridgehead atoms. The molecule has 0 aliphatic heterocycles. The van der Waals surface area contributed by atoms with Crippen molar-refractivity contribution in [2.24, 2.45) is 0 Å². The summed E-state index contributed by atoms with van der Waals surface area (Å²) in [5, 5.41) is 0. The topological polar surface area (TPSA) is 9.23 Å². The minimum Gasteiger partial charge on any atom is -0.381 e. The maximum absolute atomic E-state index is 5.05. The van der Waals surface area contributed by atoms with Crippen molar-refractivity contribution >= 4 is 22.6 Å². The Bertz CT molecular complexity index is 59.1. The van der Waals surface area contributed by atoms with E-state index in [4.69, 9.17) is 4.74 Å². The molecular weight excluding hydrogens is 203 g/mol. The fraction of sp³-hybridized carbons (Fsp3) is 1.00. The maximum Gasteiger partial charge on any atom is 0.0591 e. The van der Waals surface area contributed by atoms with Gasteiger partial charge in [-0.25, -0.2) is 0 Å². The number of rotatable bonds is 1. The third-order valence-electron chi connectivity index (χ3n) is 1.37. The molecule has 0 aromatic rings. The molecule has 1 aliphatic rings. The van der Waals surface area contributed by atoms with Crippen LogP contribution in [-0.4, -0.2) is 17.1 Å². The van der Waals surface area contributed by atoms with E-state index in [0.29, 0.717) is 6.10 Å². The summed E-state index contributed by atoms with van der Waals surface area (Å²) >= 11 is 2.45. The molecule has 0 spiro atoms. The molecule has 2 heteroatoms. The van der Waals surface area contributed by atoms with Crippen LogP contribution >= 0.6 is 22.6 Å². The summed E-state index contributed by atoms with van der Waals surface area (Å²) < 4.78 is 5.94. The van der Waals surface area contributed by atoms with Gasteiger partial charge in [-0.1, -0.05) is 22.6 Å². The van der Waals surface area contributed by atoms with Crippen LogP contribution in [0, 0.1) is 0 Å². The van der Waals surface area contributed by atoms with E-state index < -0.39 is 0 Å². The molecule has 0 aromatic carbocycles. The second-order valence-corrected chi connectivity index (χ2v) is 3.69. The van der Waals surface area contributed by atoms with Crippen molar-refractivity contribution in [2.75, 3.05) is 7.11 Å². The first kappa shape index (κ1) is 5.82. The molecule has 0 radical (unpaired) electrons. The Kier molecular flexibility index (Phi) is 1.92. The molecule has 1 aliphatic carbocycles. The van der Waals surface area contributed by atoms with E-state index in [1.54, 1.807) is 7.11 Å². The van der Waals surface area contributed by atoms with E-state index >= 15 is 0 Å². The monoisotopic (exact) mass is 212 g/mol. The van der Waals surface area contributed by atoms with Gasteiger partial charge in [-0.15, -0.1) is 0 Å². The Balaban J connectivity index is 2.06. The van der Waals surface area contributed by atoms with Gasteiger partial charge in [0, 0.05) is 11.0 Å². The zero-order chi connectivity index (χ0) is 5.28. The lowest BCUT2D eigenvalue weighted by molar-refractivity contribution is 0.0490. The summed E-state index contributed by atoms with van der Waals surface area (Å²) in [6, 6.07) is 0. The molecule has 0 aromatic heterocycles. The molecule has 42 valence electrons. The van der Waals surface area contributed by atoms with E-state index in [0.717, 1.165) is 3.92 Å². The fourth-order valence-corrected chi connectivity index (χ4v) is 1.83. The number of ether oxygens (including phenoxy) is 1. The molecule has 0 unspecified atom stereocenters. The van der Waals surface area contributed by atoms with Crippen LogP contribution in [-0.2, 0) is 4.74 Å². The highest BCUT2D eigenvalue weighted by atomic mass is 127. The van der Waals surface area contributed by atoms with Gasteiger partial charge < -0.3 is 4.74 Å². The van der Waals surface area contributed by atoms with Crippen molar-refractivity contribution in [2.45, 2.75) is 22.9 Å². The van der Waals surface area contributed by atoms with Gasteiger partial charge in [0.2, 0.25) is 0 Å². The summed E-state index contributed by atoms with van der Waals surface area (Å²) in [5.74, 6) is 0. The normalized spacial score (nSPS) is 40.3. The van der Waals surface area contributed by atoms with Crippen LogP contribution in [0.15, 0.2) is 0 Å². The fourth-order valence-electron chi connectivity index (χ4n) is 0.694. The predicted molar refractivity (Wildman–Crippen MR) is 37.8 cm³/mol. The second-order valence-electron chi connectivity index (χ2n) is 1.93. The SMILES string of the molecule is CO[C@H]1C[C@H](I)C1. The van der Waals surface area contributed by atoms with Crippen LogP contribution in [0.3, 0.4) is 0 Å². The van der Waals surface area contributed by atoms with Gasteiger partial charge in [0.25, 0.3) is 0 Å².